The fourth-order valence-electron chi connectivity index (χ4n) is 3.78. The van der Waals surface area contributed by atoms with Crippen LogP contribution in [0.25, 0.3) is 0 Å². The molecule has 0 bridgehead atoms. The van der Waals surface area contributed by atoms with Gasteiger partial charge >= 0.3 is 5.97 Å². The van der Waals surface area contributed by atoms with Gasteiger partial charge in [0.05, 0.1) is 37.5 Å². The van der Waals surface area contributed by atoms with E-state index in [1.165, 1.54) is 12.7 Å². The smallest absolute Gasteiger partial charge is 0.337 e. The summed E-state index contributed by atoms with van der Waals surface area (Å²) in [6.45, 7) is 2.40. The third kappa shape index (κ3) is 3.64. The number of fused-ring (bicyclic) bond motifs is 1. The molecule has 28 heavy (non-hydrogen) atoms. The molecule has 0 fully saturated rings. The van der Waals surface area contributed by atoms with E-state index >= 15 is 0 Å². The summed E-state index contributed by atoms with van der Waals surface area (Å²) < 4.78 is 10.1. The summed E-state index contributed by atoms with van der Waals surface area (Å²) >= 11 is 0. The number of aromatic nitrogens is 2. The van der Waals surface area contributed by atoms with Crippen LogP contribution in [-0.2, 0) is 17.8 Å². The molecule has 1 N–H and O–H groups in total. The second kappa shape index (κ2) is 7.86. The number of H-pyrrole nitrogens is 1. The van der Waals surface area contributed by atoms with Crippen molar-refractivity contribution in [3.8, 4) is 5.75 Å². The fourth-order valence-corrected chi connectivity index (χ4v) is 3.78. The zero-order valence-corrected chi connectivity index (χ0v) is 16.0. The van der Waals surface area contributed by atoms with Crippen LogP contribution in [0.3, 0.4) is 0 Å². The van der Waals surface area contributed by atoms with Gasteiger partial charge in [0.25, 0.3) is 0 Å². The minimum Gasteiger partial charge on any atom is -0.497 e. The summed E-state index contributed by atoms with van der Waals surface area (Å²) in [5, 5.41) is 0. The standard InChI is InChI=1S/C22H23N3O3/c1-27-18-8-6-16(7-9-18)19-12-25(13-20-21(19)24-14-23-20)11-15-4-3-5-17(10-15)22(26)28-2/h3-10,14,19H,11-13H2,1-2H3,(H,23,24). The molecule has 3 aromatic rings. The Kier molecular flexibility index (Phi) is 5.12. The zero-order valence-electron chi connectivity index (χ0n) is 16.0. The van der Waals surface area contributed by atoms with Crippen LogP contribution in [0.4, 0.5) is 0 Å². The van der Waals surface area contributed by atoms with Gasteiger partial charge in [-0.1, -0.05) is 24.3 Å². The quantitative estimate of drug-likeness (QED) is 0.691. The molecule has 0 saturated carbocycles. The van der Waals surface area contributed by atoms with E-state index in [4.69, 9.17) is 9.47 Å². The maximum absolute atomic E-state index is 11.8. The Morgan fingerprint density at radius 1 is 1.21 bits per heavy atom. The highest BCUT2D eigenvalue weighted by Crippen LogP contribution is 2.33. The molecule has 1 aliphatic heterocycles. The number of carbonyl (C=O) groups is 1. The normalized spacial score (nSPS) is 16.4. The molecule has 1 aromatic heterocycles. The van der Waals surface area contributed by atoms with Crippen molar-refractivity contribution in [2.24, 2.45) is 0 Å². The average molecular weight is 377 g/mol. The number of imidazole rings is 1. The molecule has 1 atom stereocenters. The third-order valence-electron chi connectivity index (χ3n) is 5.18. The predicted octanol–water partition coefficient (Wildman–Crippen LogP) is 3.35. The van der Waals surface area contributed by atoms with Gasteiger partial charge < -0.3 is 14.5 Å². The number of benzene rings is 2. The van der Waals surface area contributed by atoms with Crippen molar-refractivity contribution in [2.45, 2.75) is 19.0 Å². The lowest BCUT2D eigenvalue weighted by atomic mass is 9.90. The van der Waals surface area contributed by atoms with E-state index in [9.17, 15) is 4.79 Å². The van der Waals surface area contributed by atoms with Crippen molar-refractivity contribution in [3.05, 3.63) is 82.9 Å². The molecular weight excluding hydrogens is 354 g/mol. The number of hydrogen-bond donors (Lipinski definition) is 1. The monoisotopic (exact) mass is 377 g/mol. The molecule has 6 nitrogen and oxygen atoms in total. The van der Waals surface area contributed by atoms with Crippen LogP contribution in [0.5, 0.6) is 5.75 Å². The van der Waals surface area contributed by atoms with Crippen LogP contribution in [0.2, 0.25) is 0 Å². The molecule has 0 radical (unpaired) electrons. The molecule has 2 aromatic carbocycles. The minimum absolute atomic E-state index is 0.185. The van der Waals surface area contributed by atoms with E-state index in [1.807, 2.05) is 30.3 Å². The summed E-state index contributed by atoms with van der Waals surface area (Å²) in [5.74, 6) is 0.718. The van der Waals surface area contributed by atoms with Crippen molar-refractivity contribution >= 4 is 5.97 Å². The molecule has 2 heterocycles. The number of rotatable bonds is 5. The molecule has 144 valence electrons. The predicted molar refractivity (Wildman–Crippen MR) is 105 cm³/mol. The first-order valence-corrected chi connectivity index (χ1v) is 9.23. The lowest BCUT2D eigenvalue weighted by molar-refractivity contribution is 0.0600. The van der Waals surface area contributed by atoms with Gasteiger partial charge in [0, 0.05) is 25.6 Å². The highest BCUT2D eigenvalue weighted by molar-refractivity contribution is 5.89. The average Bonchev–Trinajstić information content (AvgIpc) is 3.21. The molecule has 0 amide bonds. The largest absolute Gasteiger partial charge is 0.497 e. The van der Waals surface area contributed by atoms with Gasteiger partial charge in [0.15, 0.2) is 0 Å². The van der Waals surface area contributed by atoms with Gasteiger partial charge in [-0.05, 0) is 35.4 Å². The molecule has 0 aliphatic carbocycles. The Morgan fingerprint density at radius 2 is 2.04 bits per heavy atom. The number of nitrogens with zero attached hydrogens (tertiary/aromatic N) is 2. The first-order chi connectivity index (χ1) is 13.7. The Morgan fingerprint density at radius 3 is 2.79 bits per heavy atom. The number of nitrogens with one attached hydrogen (secondary N) is 1. The van der Waals surface area contributed by atoms with Gasteiger partial charge in [-0.3, -0.25) is 4.90 Å². The second-order valence-electron chi connectivity index (χ2n) is 6.95. The third-order valence-corrected chi connectivity index (χ3v) is 5.18. The Balaban J connectivity index is 1.57. The van der Waals surface area contributed by atoms with Gasteiger partial charge in [-0.25, -0.2) is 9.78 Å². The zero-order chi connectivity index (χ0) is 19.5. The van der Waals surface area contributed by atoms with Crippen molar-refractivity contribution in [1.82, 2.24) is 14.9 Å². The summed E-state index contributed by atoms with van der Waals surface area (Å²) in [5.41, 5.74) is 5.10. The highest BCUT2D eigenvalue weighted by atomic mass is 16.5. The highest BCUT2D eigenvalue weighted by Gasteiger charge is 2.29. The van der Waals surface area contributed by atoms with Gasteiger partial charge in [-0.15, -0.1) is 0 Å². The van der Waals surface area contributed by atoms with Gasteiger partial charge in [0.1, 0.15) is 5.75 Å². The molecule has 4 rings (SSSR count). The Labute approximate surface area is 164 Å². The topological polar surface area (TPSA) is 67.5 Å². The lowest BCUT2D eigenvalue weighted by Crippen LogP contribution is -2.33. The van der Waals surface area contributed by atoms with E-state index in [0.29, 0.717) is 5.56 Å². The van der Waals surface area contributed by atoms with Crippen molar-refractivity contribution < 1.29 is 14.3 Å². The Hall–Kier alpha value is -3.12. The van der Waals surface area contributed by atoms with Crippen molar-refractivity contribution in [1.29, 1.82) is 0 Å². The van der Waals surface area contributed by atoms with Crippen LogP contribution in [0.15, 0.2) is 54.9 Å². The Bertz CT molecular complexity index is 965. The van der Waals surface area contributed by atoms with Crippen LogP contribution in [0, 0.1) is 0 Å². The number of hydrogen-bond acceptors (Lipinski definition) is 5. The maximum Gasteiger partial charge on any atom is 0.337 e. The van der Waals surface area contributed by atoms with E-state index in [2.05, 4.69) is 27.0 Å². The van der Waals surface area contributed by atoms with Crippen molar-refractivity contribution in [3.63, 3.8) is 0 Å². The second-order valence-corrected chi connectivity index (χ2v) is 6.95. The fraction of sp³-hybridized carbons (Fsp3) is 0.273. The van der Waals surface area contributed by atoms with Gasteiger partial charge in [-0.2, -0.15) is 0 Å². The minimum atomic E-state index is -0.313. The maximum atomic E-state index is 11.8. The molecule has 1 unspecified atom stereocenters. The van der Waals surface area contributed by atoms with Crippen molar-refractivity contribution in [2.75, 3.05) is 20.8 Å². The van der Waals surface area contributed by atoms with Crippen LogP contribution >= 0.6 is 0 Å². The molecule has 6 heteroatoms. The molecule has 0 spiro atoms. The SMILES string of the molecule is COC(=O)c1cccc(CN2Cc3[nH]cnc3C(c3ccc(OC)cc3)C2)c1. The number of esters is 1. The van der Waals surface area contributed by atoms with Crippen LogP contribution in [0.1, 0.15) is 38.8 Å². The number of aromatic amines is 1. The first kappa shape index (κ1) is 18.3. The van der Waals surface area contributed by atoms with E-state index in [0.717, 1.165) is 42.3 Å². The summed E-state index contributed by atoms with van der Waals surface area (Å²) in [6.07, 6.45) is 1.77. The van der Waals surface area contributed by atoms with Crippen LogP contribution in [-0.4, -0.2) is 41.6 Å². The number of ether oxygens (including phenoxy) is 2. The summed E-state index contributed by atoms with van der Waals surface area (Å²) in [7, 11) is 3.07. The van der Waals surface area contributed by atoms with Gasteiger partial charge in [0.2, 0.25) is 0 Å². The molecular formula is C22H23N3O3. The summed E-state index contributed by atoms with van der Waals surface area (Å²) in [4.78, 5) is 22.0. The first-order valence-electron chi connectivity index (χ1n) is 9.23. The van der Waals surface area contributed by atoms with E-state index in [-0.39, 0.29) is 11.9 Å². The van der Waals surface area contributed by atoms with E-state index in [1.54, 1.807) is 19.5 Å². The summed E-state index contributed by atoms with van der Waals surface area (Å²) in [6, 6.07) is 15.8. The number of methoxy groups -OCH3 is 2. The molecule has 1 aliphatic rings. The van der Waals surface area contributed by atoms with Crippen LogP contribution < -0.4 is 4.74 Å². The molecule has 0 saturated heterocycles. The lowest BCUT2D eigenvalue weighted by Gasteiger charge is -2.32. The number of carbonyl (C=O) groups excluding carboxylic acids is 1. The van der Waals surface area contributed by atoms with E-state index < -0.39 is 0 Å².